The van der Waals surface area contributed by atoms with Crippen molar-refractivity contribution in [3.8, 4) is 5.75 Å². The van der Waals surface area contributed by atoms with E-state index in [9.17, 15) is 10.1 Å². The van der Waals surface area contributed by atoms with Crippen LogP contribution in [0.2, 0.25) is 10.0 Å². The third-order valence-electron chi connectivity index (χ3n) is 2.49. The zero-order chi connectivity index (χ0) is 12.4. The van der Waals surface area contributed by atoms with Gasteiger partial charge in [0.25, 0.3) is 5.69 Å². The number of hydrogen-bond donors (Lipinski definition) is 1. The lowest BCUT2D eigenvalue weighted by molar-refractivity contribution is -0.384. The molecule has 0 radical (unpaired) electrons. The molecule has 0 aromatic heterocycles. The van der Waals surface area contributed by atoms with Crippen molar-refractivity contribution in [1.29, 1.82) is 0 Å². The van der Waals surface area contributed by atoms with Gasteiger partial charge in [-0.1, -0.05) is 23.2 Å². The van der Waals surface area contributed by atoms with Crippen molar-refractivity contribution in [3.05, 3.63) is 32.3 Å². The molecule has 1 aliphatic rings. The highest BCUT2D eigenvalue weighted by Crippen LogP contribution is 2.37. The second-order valence-electron chi connectivity index (χ2n) is 3.73. The number of hydrogen-bond acceptors (Lipinski definition) is 4. The molecule has 1 fully saturated rings. The number of nitro groups is 1. The van der Waals surface area contributed by atoms with Crippen molar-refractivity contribution >= 4 is 28.9 Å². The van der Waals surface area contributed by atoms with Crippen LogP contribution in [-0.4, -0.2) is 24.1 Å². The first kappa shape index (κ1) is 12.4. The van der Waals surface area contributed by atoms with Gasteiger partial charge in [-0.05, 0) is 13.0 Å². The SMILES string of the molecule is O=[N+]([O-])c1cc(Cl)c(O[C@H]2CCNC2)c(Cl)c1. The zero-order valence-electron chi connectivity index (χ0n) is 8.78. The Kier molecular flexibility index (Phi) is 3.71. The summed E-state index contributed by atoms with van der Waals surface area (Å²) in [5.74, 6) is 0.313. The second kappa shape index (κ2) is 5.08. The van der Waals surface area contributed by atoms with E-state index in [0.717, 1.165) is 19.5 Å². The Hall–Kier alpha value is -1.04. The predicted octanol–water partition coefficient (Wildman–Crippen LogP) is 2.64. The van der Waals surface area contributed by atoms with Gasteiger partial charge in [-0.25, -0.2) is 0 Å². The van der Waals surface area contributed by atoms with Crippen LogP contribution in [0, 0.1) is 10.1 Å². The number of rotatable bonds is 3. The van der Waals surface area contributed by atoms with Crippen molar-refractivity contribution in [2.75, 3.05) is 13.1 Å². The van der Waals surface area contributed by atoms with E-state index < -0.39 is 4.92 Å². The van der Waals surface area contributed by atoms with Crippen LogP contribution in [0.15, 0.2) is 12.1 Å². The first-order valence-corrected chi connectivity index (χ1v) is 5.84. The molecule has 2 rings (SSSR count). The Morgan fingerprint density at radius 2 is 2.06 bits per heavy atom. The summed E-state index contributed by atoms with van der Waals surface area (Å²) in [5, 5.41) is 14.1. The van der Waals surface area contributed by atoms with Gasteiger partial charge in [0.05, 0.1) is 15.0 Å². The molecule has 1 aliphatic heterocycles. The minimum atomic E-state index is -0.543. The Morgan fingerprint density at radius 3 is 2.53 bits per heavy atom. The fourth-order valence-corrected chi connectivity index (χ4v) is 2.22. The quantitative estimate of drug-likeness (QED) is 0.681. The van der Waals surface area contributed by atoms with Crippen LogP contribution in [0.1, 0.15) is 6.42 Å². The minimum Gasteiger partial charge on any atom is -0.486 e. The summed E-state index contributed by atoms with van der Waals surface area (Å²) in [4.78, 5) is 10.1. The maximum atomic E-state index is 10.6. The van der Waals surface area contributed by atoms with Crippen LogP contribution in [-0.2, 0) is 0 Å². The van der Waals surface area contributed by atoms with E-state index in [1.807, 2.05) is 0 Å². The number of nitrogens with zero attached hydrogens (tertiary/aromatic N) is 1. The topological polar surface area (TPSA) is 64.4 Å². The average molecular weight is 277 g/mol. The number of ether oxygens (including phenoxy) is 1. The molecule has 1 N–H and O–H groups in total. The normalized spacial score (nSPS) is 19.3. The molecule has 17 heavy (non-hydrogen) atoms. The standard InChI is InChI=1S/C10H10Cl2N2O3/c11-8-3-6(14(15)16)4-9(12)10(8)17-7-1-2-13-5-7/h3-4,7,13H,1-2,5H2/t7-/m0/s1. The fraction of sp³-hybridized carbons (Fsp3) is 0.400. The van der Waals surface area contributed by atoms with E-state index in [1.54, 1.807) is 0 Å². The smallest absolute Gasteiger partial charge is 0.272 e. The van der Waals surface area contributed by atoms with Crippen molar-refractivity contribution in [2.24, 2.45) is 0 Å². The lowest BCUT2D eigenvalue weighted by Crippen LogP contribution is -2.19. The van der Waals surface area contributed by atoms with E-state index >= 15 is 0 Å². The number of nitro benzene ring substituents is 1. The number of nitrogens with one attached hydrogen (secondary N) is 1. The molecule has 7 heteroatoms. The fourth-order valence-electron chi connectivity index (χ4n) is 1.66. The van der Waals surface area contributed by atoms with Crippen molar-refractivity contribution in [1.82, 2.24) is 5.32 Å². The number of halogens is 2. The number of benzene rings is 1. The molecule has 5 nitrogen and oxygen atoms in total. The zero-order valence-corrected chi connectivity index (χ0v) is 10.3. The molecular formula is C10H10Cl2N2O3. The highest BCUT2D eigenvalue weighted by Gasteiger charge is 2.21. The van der Waals surface area contributed by atoms with Crippen LogP contribution in [0.5, 0.6) is 5.75 Å². The summed E-state index contributed by atoms with van der Waals surface area (Å²) in [6.07, 6.45) is 0.871. The Balaban J connectivity index is 2.24. The molecule has 0 unspecified atom stereocenters. The third kappa shape index (κ3) is 2.80. The van der Waals surface area contributed by atoms with Gasteiger partial charge in [0.2, 0.25) is 0 Å². The summed E-state index contributed by atoms with van der Waals surface area (Å²) in [6, 6.07) is 2.48. The van der Waals surface area contributed by atoms with Gasteiger partial charge in [-0.3, -0.25) is 10.1 Å². The average Bonchev–Trinajstić information content (AvgIpc) is 2.75. The molecule has 1 aromatic rings. The lowest BCUT2D eigenvalue weighted by atomic mass is 10.3. The lowest BCUT2D eigenvalue weighted by Gasteiger charge is -2.14. The van der Waals surface area contributed by atoms with Crippen LogP contribution < -0.4 is 10.1 Å². The first-order valence-electron chi connectivity index (χ1n) is 5.08. The molecule has 1 heterocycles. The summed E-state index contributed by atoms with van der Waals surface area (Å²) in [5.41, 5.74) is -0.142. The van der Waals surface area contributed by atoms with E-state index in [0.29, 0.717) is 5.75 Å². The number of non-ortho nitro benzene ring substituents is 1. The Bertz CT molecular complexity index is 424. The van der Waals surface area contributed by atoms with Gasteiger partial charge < -0.3 is 10.1 Å². The minimum absolute atomic E-state index is 0.00598. The Morgan fingerprint density at radius 1 is 1.41 bits per heavy atom. The van der Waals surface area contributed by atoms with Gasteiger partial charge in [-0.2, -0.15) is 0 Å². The Labute approximate surface area is 108 Å². The van der Waals surface area contributed by atoms with Crippen molar-refractivity contribution in [3.63, 3.8) is 0 Å². The molecule has 0 saturated carbocycles. The van der Waals surface area contributed by atoms with Gasteiger partial charge in [0.1, 0.15) is 6.10 Å². The van der Waals surface area contributed by atoms with Crippen molar-refractivity contribution in [2.45, 2.75) is 12.5 Å². The van der Waals surface area contributed by atoms with E-state index in [4.69, 9.17) is 27.9 Å². The van der Waals surface area contributed by atoms with Crippen molar-refractivity contribution < 1.29 is 9.66 Å². The van der Waals surface area contributed by atoms with Crippen LogP contribution >= 0.6 is 23.2 Å². The molecule has 1 atom stereocenters. The van der Waals surface area contributed by atoms with Crippen LogP contribution in [0.3, 0.4) is 0 Å². The molecule has 0 spiro atoms. The molecule has 0 bridgehead atoms. The van der Waals surface area contributed by atoms with Gasteiger partial charge >= 0.3 is 0 Å². The second-order valence-corrected chi connectivity index (χ2v) is 4.54. The summed E-state index contributed by atoms with van der Waals surface area (Å²) in [7, 11) is 0. The van der Waals surface area contributed by atoms with Crippen LogP contribution in [0.25, 0.3) is 0 Å². The van der Waals surface area contributed by atoms with E-state index in [2.05, 4.69) is 5.32 Å². The third-order valence-corrected chi connectivity index (χ3v) is 3.05. The summed E-state index contributed by atoms with van der Waals surface area (Å²) >= 11 is 11.8. The monoisotopic (exact) mass is 276 g/mol. The van der Waals surface area contributed by atoms with Gasteiger partial charge in [0, 0.05) is 18.7 Å². The highest BCUT2D eigenvalue weighted by atomic mass is 35.5. The predicted molar refractivity (Wildman–Crippen MR) is 65.0 cm³/mol. The maximum Gasteiger partial charge on any atom is 0.272 e. The largest absolute Gasteiger partial charge is 0.486 e. The van der Waals surface area contributed by atoms with Gasteiger partial charge in [-0.15, -0.1) is 0 Å². The molecular weight excluding hydrogens is 267 g/mol. The summed E-state index contributed by atoms with van der Waals surface area (Å²) < 4.78 is 5.62. The van der Waals surface area contributed by atoms with Crippen LogP contribution in [0.4, 0.5) is 5.69 Å². The summed E-state index contributed by atoms with van der Waals surface area (Å²) in [6.45, 7) is 1.61. The molecule has 1 aromatic carbocycles. The maximum absolute atomic E-state index is 10.6. The van der Waals surface area contributed by atoms with E-state index in [1.165, 1.54) is 12.1 Å². The van der Waals surface area contributed by atoms with E-state index in [-0.39, 0.29) is 21.8 Å². The molecule has 0 amide bonds. The first-order chi connectivity index (χ1) is 8.08. The molecule has 1 saturated heterocycles. The molecule has 0 aliphatic carbocycles. The van der Waals surface area contributed by atoms with Gasteiger partial charge in [0.15, 0.2) is 5.75 Å². The highest BCUT2D eigenvalue weighted by molar-refractivity contribution is 6.37. The molecule has 92 valence electrons.